The monoisotopic (exact) mass is 615 g/mol. The first kappa shape index (κ1) is 33.5. The number of rotatable bonds is 14. The lowest BCUT2D eigenvalue weighted by Crippen LogP contribution is -2.44. The lowest BCUT2D eigenvalue weighted by molar-refractivity contribution is 0.144. The predicted octanol–water partition coefficient (Wildman–Crippen LogP) is 5.50. The van der Waals surface area contributed by atoms with Gasteiger partial charge in [0.05, 0.1) is 40.1 Å². The second-order valence-electron chi connectivity index (χ2n) is 10.4. The molecule has 0 aliphatic carbocycles. The molecule has 43 heavy (non-hydrogen) atoms. The number of hydrogen-bond acceptors (Lipinski definition) is 7. The number of imidazole rings is 1. The average Bonchev–Trinajstić information content (AvgIpc) is 3.54. The van der Waals surface area contributed by atoms with Gasteiger partial charge in [-0.2, -0.15) is 0 Å². The van der Waals surface area contributed by atoms with Crippen LogP contribution in [0.15, 0.2) is 48.3 Å². The first-order valence-corrected chi connectivity index (χ1v) is 15.1. The smallest absolute Gasteiger partial charge is 0.318 e. The number of aromatic nitrogens is 3. The summed E-state index contributed by atoms with van der Waals surface area (Å²) < 4.78 is 28.8. The highest BCUT2D eigenvalue weighted by Crippen LogP contribution is 2.38. The van der Waals surface area contributed by atoms with Crippen LogP contribution in [0.25, 0.3) is 20.9 Å². The summed E-state index contributed by atoms with van der Waals surface area (Å²) in [5.41, 5.74) is 1.54. The Labute approximate surface area is 256 Å². The second kappa shape index (κ2) is 16.0. The van der Waals surface area contributed by atoms with E-state index in [1.807, 2.05) is 45.4 Å². The molecule has 3 aromatic rings. The fourth-order valence-corrected chi connectivity index (χ4v) is 5.11. The molecule has 13 heteroatoms. The van der Waals surface area contributed by atoms with Gasteiger partial charge >= 0.3 is 12.1 Å². The van der Waals surface area contributed by atoms with E-state index in [4.69, 9.17) is 9.47 Å². The maximum atomic E-state index is 14.8. The molecule has 3 rings (SSSR count). The van der Waals surface area contributed by atoms with Gasteiger partial charge in [0.15, 0.2) is 5.76 Å². The molecule has 3 N–H and O–H groups in total. The summed E-state index contributed by atoms with van der Waals surface area (Å²) in [6, 6.07) is 3.15. The lowest BCUT2D eigenvalue weighted by atomic mass is 10.3. The number of allylic oxidation sites excluding steroid dienone is 2. The van der Waals surface area contributed by atoms with E-state index in [1.165, 1.54) is 17.4 Å². The van der Waals surface area contributed by atoms with Crippen molar-refractivity contribution in [3.8, 4) is 16.5 Å². The van der Waals surface area contributed by atoms with Crippen LogP contribution in [-0.2, 0) is 18.3 Å². The fraction of sp³-hybridized carbons (Fsp3) is 0.467. The van der Waals surface area contributed by atoms with Crippen molar-refractivity contribution in [3.05, 3.63) is 54.0 Å². The number of nitrogens with one attached hydrogen (secondary N) is 3. The minimum absolute atomic E-state index is 0.00615. The highest BCUT2D eigenvalue weighted by molar-refractivity contribution is 7.22. The summed E-state index contributed by atoms with van der Waals surface area (Å²) in [5, 5.41) is 8.37. The topological polar surface area (TPSA) is 123 Å². The summed E-state index contributed by atoms with van der Waals surface area (Å²) in [5.74, 6) is 0.811. The number of ether oxygens (including phenoxy) is 2. The zero-order valence-electron chi connectivity index (χ0n) is 25.9. The second-order valence-corrected chi connectivity index (χ2v) is 11.5. The summed E-state index contributed by atoms with van der Waals surface area (Å²) >= 11 is 1.43. The van der Waals surface area contributed by atoms with E-state index in [-0.39, 0.29) is 42.9 Å². The largest absolute Gasteiger partial charge is 0.453 e. The Morgan fingerprint density at radius 3 is 2.60 bits per heavy atom. The molecule has 0 atom stereocenters. The van der Waals surface area contributed by atoms with Crippen molar-refractivity contribution in [3.63, 3.8) is 0 Å². The Morgan fingerprint density at radius 2 is 1.93 bits per heavy atom. The molecule has 0 bridgehead atoms. The van der Waals surface area contributed by atoms with Gasteiger partial charge in [-0.25, -0.2) is 19.0 Å². The molecule has 3 aromatic heterocycles. The summed E-state index contributed by atoms with van der Waals surface area (Å²) in [4.78, 5) is 36.3. The first-order valence-electron chi connectivity index (χ1n) is 14.2. The molecule has 0 aliphatic heterocycles. The van der Waals surface area contributed by atoms with Gasteiger partial charge in [0.2, 0.25) is 0 Å². The minimum Gasteiger partial charge on any atom is -0.453 e. The number of thiophene rings is 1. The molecule has 0 unspecified atom stereocenters. The van der Waals surface area contributed by atoms with Crippen LogP contribution >= 0.6 is 11.3 Å². The number of methoxy groups -OCH3 is 1. The van der Waals surface area contributed by atoms with Gasteiger partial charge in [-0.1, -0.05) is 13.0 Å². The molecule has 0 spiro atoms. The summed E-state index contributed by atoms with van der Waals surface area (Å²) in [6.07, 6.45) is 6.67. The third-order valence-corrected chi connectivity index (χ3v) is 7.30. The van der Waals surface area contributed by atoms with E-state index in [0.29, 0.717) is 36.8 Å². The van der Waals surface area contributed by atoms with Crippen molar-refractivity contribution in [2.75, 3.05) is 26.8 Å². The number of fused-ring (bicyclic) bond motifs is 1. The zero-order valence-corrected chi connectivity index (χ0v) is 26.7. The molecule has 0 radical (unpaired) electrons. The first-order chi connectivity index (χ1) is 20.5. The van der Waals surface area contributed by atoms with Crippen LogP contribution in [0.2, 0.25) is 0 Å². The Kier molecular flexibility index (Phi) is 12.5. The Bertz CT molecular complexity index is 1450. The molecular weight excluding hydrogens is 573 g/mol. The number of amides is 4. The molecule has 0 saturated heterocycles. The van der Waals surface area contributed by atoms with Crippen molar-refractivity contribution in [2.24, 2.45) is 7.05 Å². The molecule has 4 amide bonds. The third-order valence-electron chi connectivity index (χ3n) is 6.17. The predicted molar refractivity (Wildman–Crippen MR) is 168 cm³/mol. The Hall–Kier alpha value is -3.97. The molecule has 0 aliphatic rings. The molecule has 234 valence electrons. The van der Waals surface area contributed by atoms with Crippen molar-refractivity contribution < 1.29 is 23.5 Å². The van der Waals surface area contributed by atoms with Crippen LogP contribution < -0.4 is 20.7 Å². The fourth-order valence-electron chi connectivity index (χ4n) is 4.02. The molecule has 3 heterocycles. The van der Waals surface area contributed by atoms with E-state index in [9.17, 15) is 14.0 Å². The number of nitrogens with zero attached hydrogens (tertiary/aromatic N) is 4. The summed E-state index contributed by atoms with van der Waals surface area (Å²) in [7, 11) is 3.51. The van der Waals surface area contributed by atoms with Crippen LogP contribution in [-0.4, -0.2) is 70.4 Å². The molecule has 0 aromatic carbocycles. The van der Waals surface area contributed by atoms with Crippen LogP contribution in [0, 0.1) is 0 Å². The SMILES string of the molecule is CC/C(F)=C(\C=C/CNC(=O)NC(C)C)Oc1ccnc2cc(-c3ncc(CN(CCOC)C(=O)NC(C)C)n3C)sc12. The normalized spacial score (nSPS) is 12.2. The quantitative estimate of drug-likeness (QED) is 0.163. The molecular formula is C30H42FN7O4S. The minimum atomic E-state index is -0.419. The van der Waals surface area contributed by atoms with E-state index >= 15 is 0 Å². The van der Waals surface area contributed by atoms with E-state index in [2.05, 4.69) is 25.9 Å². The average molecular weight is 616 g/mol. The Balaban J connectivity index is 1.83. The molecule has 11 nitrogen and oxygen atoms in total. The number of carbonyl (C=O) groups is 2. The number of urea groups is 2. The maximum Gasteiger partial charge on any atom is 0.318 e. The van der Waals surface area contributed by atoms with E-state index in [0.717, 1.165) is 15.3 Å². The highest BCUT2D eigenvalue weighted by Gasteiger charge is 2.20. The number of carbonyl (C=O) groups excluding carboxylic acids is 2. The van der Waals surface area contributed by atoms with Gasteiger partial charge in [-0.15, -0.1) is 11.3 Å². The van der Waals surface area contributed by atoms with Crippen molar-refractivity contribution in [1.82, 2.24) is 35.4 Å². The third kappa shape index (κ3) is 9.52. The van der Waals surface area contributed by atoms with E-state index in [1.54, 1.807) is 43.5 Å². The van der Waals surface area contributed by atoms with Crippen molar-refractivity contribution in [1.29, 1.82) is 0 Å². The standard InChI is InChI=1S/C30H42FN7O4S/c1-8-22(31)24(10-9-12-33-29(39)35-19(2)3)42-25-11-13-32-23-16-26(43-27(23)25)28-34-17-21(37(28)6)18-38(14-15-41-7)30(40)36-20(4)5/h9-11,13,16-17,19-20H,8,12,14-15,18H2,1-7H3,(H,36,40)(H2,33,35,39)/b10-9-,24-22-. The number of halogens is 1. The zero-order chi connectivity index (χ0) is 31.5. The maximum absolute atomic E-state index is 14.8. The number of hydrogen-bond donors (Lipinski definition) is 3. The number of pyridine rings is 1. The van der Waals surface area contributed by atoms with Gasteiger partial charge in [0.1, 0.15) is 17.4 Å². The van der Waals surface area contributed by atoms with Crippen molar-refractivity contribution >= 4 is 33.6 Å². The highest BCUT2D eigenvalue weighted by atomic mass is 32.1. The van der Waals surface area contributed by atoms with E-state index < -0.39 is 5.83 Å². The van der Waals surface area contributed by atoms with Crippen LogP contribution in [0.5, 0.6) is 5.75 Å². The van der Waals surface area contributed by atoms with Crippen LogP contribution in [0.3, 0.4) is 0 Å². The van der Waals surface area contributed by atoms with Gasteiger partial charge in [-0.3, -0.25) is 4.98 Å². The van der Waals surface area contributed by atoms with Gasteiger partial charge in [0, 0.05) is 58.0 Å². The van der Waals surface area contributed by atoms with Gasteiger partial charge in [0.25, 0.3) is 0 Å². The van der Waals surface area contributed by atoms with Crippen LogP contribution in [0.4, 0.5) is 14.0 Å². The lowest BCUT2D eigenvalue weighted by Gasteiger charge is -2.24. The van der Waals surface area contributed by atoms with Gasteiger partial charge in [-0.05, 0) is 39.8 Å². The van der Waals surface area contributed by atoms with Crippen LogP contribution in [0.1, 0.15) is 46.7 Å². The molecule has 0 saturated carbocycles. The van der Waals surface area contributed by atoms with Crippen molar-refractivity contribution in [2.45, 2.75) is 59.7 Å². The molecule has 0 fully saturated rings. The summed E-state index contributed by atoms with van der Waals surface area (Å²) in [6.45, 7) is 10.7. The Morgan fingerprint density at radius 1 is 1.19 bits per heavy atom. The van der Waals surface area contributed by atoms with Gasteiger partial charge < -0.3 is 34.9 Å².